The molecule has 1 aliphatic heterocycles. The lowest BCUT2D eigenvalue weighted by atomic mass is 10.0. The molecule has 1 N–H and O–H groups in total. The first-order valence-corrected chi connectivity index (χ1v) is 6.71. The van der Waals surface area contributed by atoms with Crippen LogP contribution in [0.4, 0.5) is 0 Å². The van der Waals surface area contributed by atoms with Gasteiger partial charge < -0.3 is 14.8 Å². The molecule has 18 heavy (non-hydrogen) atoms. The third-order valence-electron chi connectivity index (χ3n) is 3.31. The van der Waals surface area contributed by atoms with Gasteiger partial charge in [0.05, 0.1) is 18.3 Å². The van der Waals surface area contributed by atoms with E-state index in [1.54, 1.807) is 0 Å². The highest BCUT2D eigenvalue weighted by Gasteiger charge is 2.25. The molecule has 0 aromatic heterocycles. The van der Waals surface area contributed by atoms with Gasteiger partial charge in [-0.1, -0.05) is 12.1 Å². The third-order valence-corrected chi connectivity index (χ3v) is 3.31. The van der Waals surface area contributed by atoms with Crippen LogP contribution in [0.3, 0.4) is 0 Å². The molecule has 0 radical (unpaired) electrons. The fourth-order valence-corrected chi connectivity index (χ4v) is 2.14. The Labute approximate surface area is 109 Å². The van der Waals surface area contributed by atoms with Crippen molar-refractivity contribution in [3.05, 3.63) is 29.8 Å². The summed E-state index contributed by atoms with van der Waals surface area (Å²) in [6.45, 7) is 9.19. The molecule has 1 saturated heterocycles. The topological polar surface area (TPSA) is 30.5 Å². The zero-order valence-corrected chi connectivity index (χ0v) is 11.6. The first kappa shape index (κ1) is 13.4. The molecule has 1 heterocycles. The maximum atomic E-state index is 6.03. The fraction of sp³-hybridized carbons (Fsp3) is 0.600. The summed E-state index contributed by atoms with van der Waals surface area (Å²) in [6, 6.07) is 8.61. The smallest absolute Gasteiger partial charge is 0.120 e. The van der Waals surface area contributed by atoms with Crippen LogP contribution in [0.25, 0.3) is 0 Å². The Hall–Kier alpha value is -1.06. The van der Waals surface area contributed by atoms with Gasteiger partial charge in [0, 0.05) is 12.6 Å². The van der Waals surface area contributed by atoms with Crippen LogP contribution in [-0.4, -0.2) is 24.8 Å². The van der Waals surface area contributed by atoms with Gasteiger partial charge in [-0.3, -0.25) is 0 Å². The summed E-state index contributed by atoms with van der Waals surface area (Å²) in [5.41, 5.74) is 1.18. The summed E-state index contributed by atoms with van der Waals surface area (Å²) in [7, 11) is 0. The Morgan fingerprint density at radius 3 is 2.78 bits per heavy atom. The van der Waals surface area contributed by atoms with E-state index in [-0.39, 0.29) is 18.3 Å². The van der Waals surface area contributed by atoms with E-state index in [0.717, 1.165) is 12.3 Å². The highest BCUT2D eigenvalue weighted by molar-refractivity contribution is 5.30. The molecule has 0 amide bonds. The minimum Gasteiger partial charge on any atom is -0.491 e. The monoisotopic (exact) mass is 249 g/mol. The van der Waals surface area contributed by atoms with E-state index in [1.165, 1.54) is 5.56 Å². The van der Waals surface area contributed by atoms with E-state index in [0.29, 0.717) is 6.04 Å². The average molecular weight is 249 g/mol. The Morgan fingerprint density at radius 2 is 2.11 bits per heavy atom. The SMILES string of the molecule is CC(C)Oc1cccc(C2CNC(C)C(C)O2)c1. The second-order valence-corrected chi connectivity index (χ2v) is 5.27. The van der Waals surface area contributed by atoms with Crippen LogP contribution < -0.4 is 10.1 Å². The van der Waals surface area contributed by atoms with Gasteiger partial charge in [0.2, 0.25) is 0 Å². The predicted molar refractivity (Wildman–Crippen MR) is 73.0 cm³/mol. The molecule has 1 fully saturated rings. The van der Waals surface area contributed by atoms with Crippen LogP contribution in [0.15, 0.2) is 24.3 Å². The zero-order valence-electron chi connectivity index (χ0n) is 11.6. The molecule has 3 heteroatoms. The van der Waals surface area contributed by atoms with E-state index < -0.39 is 0 Å². The van der Waals surface area contributed by atoms with E-state index in [2.05, 4.69) is 31.3 Å². The lowest BCUT2D eigenvalue weighted by Crippen LogP contribution is -2.46. The number of morpholine rings is 1. The maximum absolute atomic E-state index is 6.03. The highest BCUT2D eigenvalue weighted by atomic mass is 16.5. The number of hydrogen-bond donors (Lipinski definition) is 1. The Balaban J connectivity index is 2.08. The number of hydrogen-bond acceptors (Lipinski definition) is 3. The van der Waals surface area contributed by atoms with Crippen LogP contribution in [0.2, 0.25) is 0 Å². The van der Waals surface area contributed by atoms with E-state index in [4.69, 9.17) is 9.47 Å². The first-order valence-electron chi connectivity index (χ1n) is 6.71. The van der Waals surface area contributed by atoms with Gasteiger partial charge in [-0.15, -0.1) is 0 Å². The van der Waals surface area contributed by atoms with Crippen LogP contribution in [0.1, 0.15) is 39.4 Å². The third kappa shape index (κ3) is 3.24. The molecular weight excluding hydrogens is 226 g/mol. The Bertz CT molecular complexity index is 392. The molecule has 0 spiro atoms. The van der Waals surface area contributed by atoms with Crippen molar-refractivity contribution in [3.8, 4) is 5.75 Å². The molecule has 3 unspecified atom stereocenters. The molecule has 100 valence electrons. The van der Waals surface area contributed by atoms with Crippen LogP contribution in [0.5, 0.6) is 5.75 Å². The summed E-state index contributed by atoms with van der Waals surface area (Å²) in [6.07, 6.45) is 0.551. The lowest BCUT2D eigenvalue weighted by Gasteiger charge is -2.34. The summed E-state index contributed by atoms with van der Waals surface area (Å²) in [5.74, 6) is 0.914. The molecule has 2 rings (SSSR count). The van der Waals surface area contributed by atoms with E-state index in [1.807, 2.05) is 26.0 Å². The maximum Gasteiger partial charge on any atom is 0.120 e. The van der Waals surface area contributed by atoms with Crippen molar-refractivity contribution in [2.75, 3.05) is 6.54 Å². The normalized spacial score (nSPS) is 28.4. The summed E-state index contributed by atoms with van der Waals surface area (Å²) in [4.78, 5) is 0. The first-order chi connectivity index (χ1) is 8.56. The zero-order chi connectivity index (χ0) is 13.1. The molecule has 3 nitrogen and oxygen atoms in total. The average Bonchev–Trinajstić information content (AvgIpc) is 2.32. The lowest BCUT2D eigenvalue weighted by molar-refractivity contribution is -0.0509. The molecule has 0 aliphatic carbocycles. The van der Waals surface area contributed by atoms with E-state index >= 15 is 0 Å². The van der Waals surface area contributed by atoms with Crippen molar-refractivity contribution in [2.24, 2.45) is 0 Å². The number of nitrogens with one attached hydrogen (secondary N) is 1. The largest absolute Gasteiger partial charge is 0.491 e. The van der Waals surface area contributed by atoms with Gasteiger partial charge in [0.1, 0.15) is 5.75 Å². The summed E-state index contributed by atoms with van der Waals surface area (Å²) in [5, 5.41) is 3.47. The molecule has 1 aromatic carbocycles. The van der Waals surface area contributed by atoms with Crippen LogP contribution in [0, 0.1) is 0 Å². The quantitative estimate of drug-likeness (QED) is 0.893. The number of rotatable bonds is 3. The van der Waals surface area contributed by atoms with Crippen LogP contribution in [-0.2, 0) is 4.74 Å². The van der Waals surface area contributed by atoms with Crippen molar-refractivity contribution in [2.45, 2.75) is 52.0 Å². The summed E-state index contributed by atoms with van der Waals surface area (Å²) < 4.78 is 11.7. The minimum absolute atomic E-state index is 0.118. The van der Waals surface area contributed by atoms with Gasteiger partial charge in [-0.25, -0.2) is 0 Å². The fourth-order valence-electron chi connectivity index (χ4n) is 2.14. The number of benzene rings is 1. The Kier molecular flexibility index (Phi) is 4.25. The van der Waals surface area contributed by atoms with Crippen molar-refractivity contribution in [1.82, 2.24) is 5.32 Å². The van der Waals surface area contributed by atoms with Crippen molar-refractivity contribution in [3.63, 3.8) is 0 Å². The Morgan fingerprint density at radius 1 is 1.33 bits per heavy atom. The summed E-state index contributed by atoms with van der Waals surface area (Å²) >= 11 is 0. The van der Waals surface area contributed by atoms with Gasteiger partial charge in [0.25, 0.3) is 0 Å². The standard InChI is InChI=1S/C15H23NO2/c1-10(2)17-14-7-5-6-13(8-14)15-9-16-11(3)12(4)18-15/h5-8,10-12,15-16H,9H2,1-4H3. The van der Waals surface area contributed by atoms with Gasteiger partial charge in [-0.2, -0.15) is 0 Å². The van der Waals surface area contributed by atoms with Crippen molar-refractivity contribution < 1.29 is 9.47 Å². The highest BCUT2D eigenvalue weighted by Crippen LogP contribution is 2.26. The second kappa shape index (κ2) is 5.72. The van der Waals surface area contributed by atoms with Crippen molar-refractivity contribution in [1.29, 1.82) is 0 Å². The molecule has 1 aromatic rings. The second-order valence-electron chi connectivity index (χ2n) is 5.27. The van der Waals surface area contributed by atoms with Crippen LogP contribution >= 0.6 is 0 Å². The number of ether oxygens (including phenoxy) is 2. The minimum atomic E-state index is 0.118. The van der Waals surface area contributed by atoms with E-state index in [9.17, 15) is 0 Å². The molecule has 1 aliphatic rings. The predicted octanol–water partition coefficient (Wildman–Crippen LogP) is 2.91. The molecule has 3 atom stereocenters. The van der Waals surface area contributed by atoms with Gasteiger partial charge >= 0.3 is 0 Å². The van der Waals surface area contributed by atoms with Gasteiger partial charge in [0.15, 0.2) is 0 Å². The molecule has 0 bridgehead atoms. The molecular formula is C15H23NO2. The molecule has 0 saturated carbocycles. The van der Waals surface area contributed by atoms with Crippen molar-refractivity contribution >= 4 is 0 Å². The van der Waals surface area contributed by atoms with Gasteiger partial charge in [-0.05, 0) is 45.4 Å².